The molecule has 1 aliphatic heterocycles. The van der Waals surface area contributed by atoms with Gasteiger partial charge in [0.1, 0.15) is 30.0 Å². The maximum atomic E-state index is 11.4. The molecule has 0 spiro atoms. The summed E-state index contributed by atoms with van der Waals surface area (Å²) in [4.78, 5) is 10.8. The number of hydrogen-bond donors (Lipinski definition) is 6. The molecule has 6 N–H and O–H groups in total. The van der Waals surface area contributed by atoms with E-state index in [0.717, 1.165) is 6.08 Å². The molecule has 0 aromatic heterocycles. The number of aliphatic hydroxyl groups is 5. The van der Waals surface area contributed by atoms with Gasteiger partial charge in [-0.05, 0) is 37.8 Å². The minimum absolute atomic E-state index is 0.200. The zero-order chi connectivity index (χ0) is 23.6. The Hall–Kier alpha value is -1.37. The molecular weight excluding hydrogens is 412 g/mol. The molecule has 1 aliphatic carbocycles. The fourth-order valence-electron chi connectivity index (χ4n) is 4.34. The van der Waals surface area contributed by atoms with Crippen molar-refractivity contribution in [3.8, 4) is 0 Å². The van der Waals surface area contributed by atoms with Gasteiger partial charge >= 0.3 is 5.97 Å². The SMILES string of the molecule is COC1(C)C[C@@H](OC2OC(CO)C(O)C(O)C2O)C[C@@H](C)[C@@]1(O)/C=C/C(C)=C\C(=O)O. The number of carbonyl (C=O) groups is 1. The van der Waals surface area contributed by atoms with Gasteiger partial charge < -0.3 is 44.8 Å². The molecule has 1 saturated carbocycles. The highest BCUT2D eigenvalue weighted by atomic mass is 16.7. The molecule has 31 heavy (non-hydrogen) atoms. The second kappa shape index (κ2) is 10.1. The Bertz CT molecular complexity index is 692. The summed E-state index contributed by atoms with van der Waals surface area (Å²) in [5.74, 6) is -1.48. The van der Waals surface area contributed by atoms with Crippen molar-refractivity contribution in [3.05, 3.63) is 23.8 Å². The molecule has 178 valence electrons. The lowest BCUT2D eigenvalue weighted by Crippen LogP contribution is -2.63. The number of hydrogen-bond acceptors (Lipinski definition) is 9. The monoisotopic (exact) mass is 446 g/mol. The van der Waals surface area contributed by atoms with Crippen LogP contribution in [0, 0.1) is 5.92 Å². The minimum atomic E-state index is -1.55. The highest BCUT2D eigenvalue weighted by Crippen LogP contribution is 2.46. The Labute approximate surface area is 181 Å². The van der Waals surface area contributed by atoms with Gasteiger partial charge in [-0.3, -0.25) is 0 Å². The van der Waals surface area contributed by atoms with Crippen LogP contribution >= 0.6 is 0 Å². The Morgan fingerprint density at radius 3 is 2.42 bits per heavy atom. The molecule has 0 aromatic rings. The van der Waals surface area contributed by atoms with Crippen LogP contribution < -0.4 is 0 Å². The van der Waals surface area contributed by atoms with Crippen LogP contribution in [0.1, 0.15) is 33.6 Å². The molecule has 0 aromatic carbocycles. The smallest absolute Gasteiger partial charge is 0.328 e. The summed E-state index contributed by atoms with van der Waals surface area (Å²) in [5.41, 5.74) is -2.11. The van der Waals surface area contributed by atoms with Gasteiger partial charge in [0.05, 0.1) is 18.3 Å². The first-order valence-electron chi connectivity index (χ1n) is 10.2. The fourth-order valence-corrected chi connectivity index (χ4v) is 4.34. The second-order valence-corrected chi connectivity index (χ2v) is 8.62. The molecule has 1 heterocycles. The van der Waals surface area contributed by atoms with Crippen molar-refractivity contribution in [1.82, 2.24) is 0 Å². The van der Waals surface area contributed by atoms with Crippen LogP contribution in [0.4, 0.5) is 0 Å². The molecule has 0 bridgehead atoms. The van der Waals surface area contributed by atoms with Gasteiger partial charge in [-0.15, -0.1) is 0 Å². The molecule has 10 heteroatoms. The van der Waals surface area contributed by atoms with Gasteiger partial charge in [0.2, 0.25) is 0 Å². The lowest BCUT2D eigenvalue weighted by molar-refractivity contribution is -0.322. The van der Waals surface area contributed by atoms with Crippen LogP contribution in [0.5, 0.6) is 0 Å². The standard InChI is InChI=1S/C21H34O10/c1-11(7-15(23)24)5-6-21(28)12(2)8-13(9-20(21,3)29-4)30-19-18(27)17(26)16(25)14(10-22)31-19/h5-7,12-14,16-19,22,25-28H,8-10H2,1-4H3,(H,23,24)/b6-5+,11-7-/t12-,13+,14?,16?,17?,18?,19?,20?,21+/m1/s1. The highest BCUT2D eigenvalue weighted by Gasteiger charge is 2.55. The summed E-state index contributed by atoms with van der Waals surface area (Å²) in [6.45, 7) is 4.54. The summed E-state index contributed by atoms with van der Waals surface area (Å²) in [6, 6.07) is 0. The predicted molar refractivity (Wildman–Crippen MR) is 108 cm³/mol. The van der Waals surface area contributed by atoms with Crippen molar-refractivity contribution in [2.75, 3.05) is 13.7 Å². The van der Waals surface area contributed by atoms with Crippen molar-refractivity contribution >= 4 is 5.97 Å². The van der Waals surface area contributed by atoms with Crippen molar-refractivity contribution in [2.45, 2.75) is 81.6 Å². The van der Waals surface area contributed by atoms with E-state index in [1.165, 1.54) is 19.3 Å². The van der Waals surface area contributed by atoms with Crippen molar-refractivity contribution in [1.29, 1.82) is 0 Å². The first-order valence-corrected chi connectivity index (χ1v) is 10.2. The summed E-state index contributed by atoms with van der Waals surface area (Å²) in [6.07, 6.45) is -2.82. The molecule has 2 fully saturated rings. The van der Waals surface area contributed by atoms with E-state index in [-0.39, 0.29) is 6.42 Å². The highest BCUT2D eigenvalue weighted by molar-refractivity contribution is 5.81. The lowest BCUT2D eigenvalue weighted by Gasteiger charge is -2.52. The van der Waals surface area contributed by atoms with Crippen LogP contribution in [-0.4, -0.2) is 98.3 Å². The molecular formula is C21H34O10. The minimum Gasteiger partial charge on any atom is -0.478 e. The molecule has 0 amide bonds. The fraction of sp³-hybridized carbons (Fsp3) is 0.762. The Balaban J connectivity index is 2.20. The Morgan fingerprint density at radius 2 is 1.87 bits per heavy atom. The zero-order valence-corrected chi connectivity index (χ0v) is 18.2. The summed E-state index contributed by atoms with van der Waals surface area (Å²) < 4.78 is 17.0. The molecule has 2 rings (SSSR count). The van der Waals surface area contributed by atoms with Crippen molar-refractivity contribution < 1.29 is 49.6 Å². The van der Waals surface area contributed by atoms with E-state index in [2.05, 4.69) is 0 Å². The van der Waals surface area contributed by atoms with Gasteiger partial charge in [0.25, 0.3) is 0 Å². The number of rotatable bonds is 7. The van der Waals surface area contributed by atoms with Crippen LogP contribution in [0.2, 0.25) is 0 Å². The normalized spacial score (nSPS) is 44.5. The zero-order valence-electron chi connectivity index (χ0n) is 18.2. The second-order valence-electron chi connectivity index (χ2n) is 8.62. The third-order valence-electron chi connectivity index (χ3n) is 6.41. The van der Waals surface area contributed by atoms with Gasteiger partial charge in [0.15, 0.2) is 6.29 Å². The molecule has 10 nitrogen and oxygen atoms in total. The van der Waals surface area contributed by atoms with E-state index in [9.17, 15) is 30.3 Å². The van der Waals surface area contributed by atoms with Gasteiger partial charge in [-0.25, -0.2) is 4.79 Å². The lowest BCUT2D eigenvalue weighted by atomic mass is 9.65. The number of methoxy groups -OCH3 is 1. The third-order valence-corrected chi connectivity index (χ3v) is 6.41. The molecule has 0 radical (unpaired) electrons. The van der Waals surface area contributed by atoms with E-state index in [4.69, 9.17) is 19.3 Å². The first-order chi connectivity index (χ1) is 14.4. The molecule has 6 unspecified atom stereocenters. The van der Waals surface area contributed by atoms with Crippen molar-refractivity contribution in [2.24, 2.45) is 5.92 Å². The maximum Gasteiger partial charge on any atom is 0.328 e. The predicted octanol–water partition coefficient (Wildman–Crippen LogP) is -0.675. The number of aliphatic hydroxyl groups excluding tert-OH is 4. The van der Waals surface area contributed by atoms with Gasteiger partial charge in [-0.1, -0.05) is 13.0 Å². The average molecular weight is 446 g/mol. The number of allylic oxidation sites excluding steroid dienone is 2. The van der Waals surface area contributed by atoms with E-state index in [0.29, 0.717) is 12.0 Å². The topological polar surface area (TPSA) is 166 Å². The quantitative estimate of drug-likeness (QED) is 0.218. The summed E-state index contributed by atoms with van der Waals surface area (Å²) >= 11 is 0. The van der Waals surface area contributed by atoms with Crippen molar-refractivity contribution in [3.63, 3.8) is 0 Å². The molecule has 9 atom stereocenters. The average Bonchev–Trinajstić information content (AvgIpc) is 2.70. The van der Waals surface area contributed by atoms with Crippen LogP contribution in [-0.2, 0) is 19.0 Å². The number of aliphatic carboxylic acids is 1. The van der Waals surface area contributed by atoms with Crippen LogP contribution in [0.3, 0.4) is 0 Å². The van der Waals surface area contributed by atoms with Crippen LogP contribution in [0.15, 0.2) is 23.8 Å². The Morgan fingerprint density at radius 1 is 1.23 bits per heavy atom. The van der Waals surface area contributed by atoms with E-state index < -0.39 is 66.5 Å². The molecule has 2 aliphatic rings. The van der Waals surface area contributed by atoms with E-state index >= 15 is 0 Å². The number of carboxylic acids is 1. The van der Waals surface area contributed by atoms with E-state index in [1.54, 1.807) is 20.8 Å². The summed E-state index contributed by atoms with van der Waals surface area (Å²) in [7, 11) is 1.45. The van der Waals surface area contributed by atoms with Gasteiger partial charge in [-0.2, -0.15) is 0 Å². The number of ether oxygens (including phenoxy) is 3. The number of carboxylic acid groups (broad SMARTS) is 1. The largest absolute Gasteiger partial charge is 0.478 e. The van der Waals surface area contributed by atoms with Gasteiger partial charge in [0, 0.05) is 19.6 Å². The Kier molecular flexibility index (Phi) is 8.39. The van der Waals surface area contributed by atoms with Crippen LogP contribution in [0.25, 0.3) is 0 Å². The first kappa shape index (κ1) is 25.9. The summed E-state index contributed by atoms with van der Waals surface area (Å²) in [5, 5.41) is 59.8. The maximum absolute atomic E-state index is 11.4. The third kappa shape index (κ3) is 5.35. The van der Waals surface area contributed by atoms with E-state index in [1.807, 2.05) is 0 Å². The molecule has 1 saturated heterocycles.